The minimum absolute atomic E-state index is 0.284. The number of halogens is 3. The molecule has 8 heteroatoms. The molecule has 6 rings (SSSR count). The zero-order valence-electron chi connectivity index (χ0n) is 20.4. The van der Waals surface area contributed by atoms with Crippen molar-refractivity contribution in [1.29, 1.82) is 0 Å². The number of pyridine rings is 1. The fourth-order valence-corrected chi connectivity index (χ4v) is 5.59. The van der Waals surface area contributed by atoms with Gasteiger partial charge in [0.25, 0.3) is 11.5 Å². The van der Waals surface area contributed by atoms with Crippen LogP contribution in [0.15, 0.2) is 116 Å². The maximum atomic E-state index is 13.7. The lowest BCUT2D eigenvalue weighted by atomic mass is 9.91. The molecule has 0 spiro atoms. The maximum Gasteiger partial charge on any atom is 0.274 e. The Morgan fingerprint density at radius 2 is 1.56 bits per heavy atom. The third-order valence-corrected chi connectivity index (χ3v) is 7.81. The lowest BCUT2D eigenvalue weighted by Gasteiger charge is -2.22. The van der Waals surface area contributed by atoms with Crippen molar-refractivity contribution in [3.63, 3.8) is 0 Å². The zero-order chi connectivity index (χ0) is 27.1. The van der Waals surface area contributed by atoms with Crippen LogP contribution in [0.3, 0.4) is 0 Å². The summed E-state index contributed by atoms with van der Waals surface area (Å²) in [6.45, 7) is 0. The molecule has 0 bridgehead atoms. The van der Waals surface area contributed by atoms with Crippen LogP contribution in [-0.2, 0) is 0 Å². The summed E-state index contributed by atoms with van der Waals surface area (Å²) in [5.41, 5.74) is 4.13. The van der Waals surface area contributed by atoms with Gasteiger partial charge in [-0.05, 0) is 65.7 Å². The molecule has 1 N–H and O–H groups in total. The Kier molecular flexibility index (Phi) is 6.74. The molecule has 2 heterocycles. The van der Waals surface area contributed by atoms with E-state index in [9.17, 15) is 14.0 Å². The van der Waals surface area contributed by atoms with Gasteiger partial charge in [0, 0.05) is 37.4 Å². The number of benzene rings is 4. The zero-order valence-corrected chi connectivity index (χ0v) is 23.5. The number of amides is 1. The second kappa shape index (κ2) is 10.4. The summed E-state index contributed by atoms with van der Waals surface area (Å²) in [6.07, 6.45) is 0.330. The van der Waals surface area contributed by atoms with Crippen LogP contribution in [0.5, 0.6) is 0 Å². The van der Waals surface area contributed by atoms with Gasteiger partial charge in [-0.3, -0.25) is 9.59 Å². The molecule has 1 aromatic heterocycles. The number of aromatic nitrogens is 1. The Morgan fingerprint density at radius 1 is 0.872 bits per heavy atom. The molecule has 0 fully saturated rings. The van der Waals surface area contributed by atoms with Crippen molar-refractivity contribution in [2.75, 3.05) is 0 Å². The van der Waals surface area contributed by atoms with Crippen molar-refractivity contribution in [3.05, 3.63) is 139 Å². The van der Waals surface area contributed by atoms with Gasteiger partial charge < -0.3 is 4.98 Å². The lowest BCUT2D eigenvalue weighted by Crippen LogP contribution is -2.27. The molecule has 5 nitrogen and oxygen atoms in total. The standard InChI is InChI=1S/C31H20Br2FN3O2/c32-21-10-6-18(7-11-21)27-17-26(36-37(27)31(39)20-8-13-23(34)14-9-20)29-28(19-4-2-1-3-5-19)24-16-22(33)12-15-25(24)35-30(29)38/h1-16,27H,17H2,(H,35,38). The molecule has 1 aliphatic rings. The first-order valence-corrected chi connectivity index (χ1v) is 13.8. The Morgan fingerprint density at radius 3 is 2.28 bits per heavy atom. The van der Waals surface area contributed by atoms with Gasteiger partial charge in [-0.25, -0.2) is 9.40 Å². The number of fused-ring (bicyclic) bond motifs is 1. The largest absolute Gasteiger partial charge is 0.321 e. The van der Waals surface area contributed by atoms with Gasteiger partial charge in [0.2, 0.25) is 0 Å². The number of hydrogen-bond acceptors (Lipinski definition) is 3. The smallest absolute Gasteiger partial charge is 0.274 e. The Bertz CT molecular complexity index is 1800. The quantitative estimate of drug-likeness (QED) is 0.217. The van der Waals surface area contributed by atoms with E-state index in [2.05, 4.69) is 36.8 Å². The fraction of sp³-hybridized carbons (Fsp3) is 0.0645. The maximum absolute atomic E-state index is 13.7. The highest BCUT2D eigenvalue weighted by atomic mass is 79.9. The number of H-pyrrole nitrogens is 1. The van der Waals surface area contributed by atoms with Gasteiger partial charge in [0.1, 0.15) is 5.82 Å². The van der Waals surface area contributed by atoms with E-state index in [0.29, 0.717) is 28.8 Å². The SMILES string of the molecule is O=C(c1ccc(F)cc1)N1N=C(c2c(-c3ccccc3)c3cc(Br)ccc3[nH]c2=O)CC1c1ccc(Br)cc1. The van der Waals surface area contributed by atoms with Crippen molar-refractivity contribution < 1.29 is 9.18 Å². The predicted octanol–water partition coefficient (Wildman–Crippen LogP) is 7.85. The van der Waals surface area contributed by atoms with E-state index in [4.69, 9.17) is 5.10 Å². The minimum atomic E-state index is -0.452. The third kappa shape index (κ3) is 4.86. The summed E-state index contributed by atoms with van der Waals surface area (Å²) < 4.78 is 15.4. The van der Waals surface area contributed by atoms with Gasteiger partial charge in [-0.1, -0.05) is 74.3 Å². The highest BCUT2D eigenvalue weighted by molar-refractivity contribution is 9.10. The summed E-state index contributed by atoms with van der Waals surface area (Å²) in [5.74, 6) is -0.804. The summed E-state index contributed by atoms with van der Waals surface area (Å²) in [7, 11) is 0. The van der Waals surface area contributed by atoms with E-state index >= 15 is 0 Å². The first-order valence-electron chi connectivity index (χ1n) is 12.2. The van der Waals surface area contributed by atoms with E-state index < -0.39 is 11.9 Å². The van der Waals surface area contributed by atoms with Crippen LogP contribution >= 0.6 is 31.9 Å². The molecule has 0 saturated heterocycles. The highest BCUT2D eigenvalue weighted by Gasteiger charge is 2.36. The number of nitrogens with one attached hydrogen (secondary N) is 1. The molecular weight excluding hydrogens is 625 g/mol. The molecule has 39 heavy (non-hydrogen) atoms. The number of hydrogen-bond donors (Lipinski definition) is 1. The van der Waals surface area contributed by atoms with E-state index in [1.54, 1.807) is 0 Å². The van der Waals surface area contributed by atoms with Crippen LogP contribution in [0.2, 0.25) is 0 Å². The molecular formula is C31H20Br2FN3O2. The van der Waals surface area contributed by atoms with E-state index in [1.807, 2.05) is 72.8 Å². The number of hydrazone groups is 1. The van der Waals surface area contributed by atoms with Gasteiger partial charge >= 0.3 is 0 Å². The number of aromatic amines is 1. The van der Waals surface area contributed by atoms with E-state index in [-0.39, 0.29) is 11.5 Å². The summed E-state index contributed by atoms with van der Waals surface area (Å²) in [6, 6.07) is 28.0. The van der Waals surface area contributed by atoms with Crippen LogP contribution < -0.4 is 5.56 Å². The topological polar surface area (TPSA) is 65.5 Å². The van der Waals surface area contributed by atoms with Crippen molar-refractivity contribution in [2.24, 2.45) is 5.10 Å². The first-order chi connectivity index (χ1) is 18.9. The van der Waals surface area contributed by atoms with Gasteiger partial charge in [0.05, 0.1) is 17.3 Å². The number of carbonyl (C=O) groups excluding carboxylic acids is 1. The highest BCUT2D eigenvalue weighted by Crippen LogP contribution is 2.38. The normalized spacial score (nSPS) is 15.0. The second-order valence-corrected chi connectivity index (χ2v) is 11.1. The van der Waals surface area contributed by atoms with E-state index in [1.165, 1.54) is 29.3 Å². The van der Waals surface area contributed by atoms with Crippen molar-refractivity contribution >= 4 is 54.4 Å². The molecule has 0 saturated carbocycles. The van der Waals surface area contributed by atoms with Gasteiger partial charge in [0.15, 0.2) is 0 Å². The monoisotopic (exact) mass is 643 g/mol. The summed E-state index contributed by atoms with van der Waals surface area (Å²) in [5, 5.41) is 7.04. The van der Waals surface area contributed by atoms with Gasteiger partial charge in [-0.2, -0.15) is 5.10 Å². The van der Waals surface area contributed by atoms with Gasteiger partial charge in [-0.15, -0.1) is 0 Å². The Labute approximate surface area is 240 Å². The number of carbonyl (C=O) groups is 1. The van der Waals surface area contributed by atoms with Crippen LogP contribution in [0.4, 0.5) is 4.39 Å². The predicted molar refractivity (Wildman–Crippen MR) is 158 cm³/mol. The lowest BCUT2D eigenvalue weighted by molar-refractivity contribution is 0.0711. The molecule has 0 aliphatic carbocycles. The molecule has 1 amide bonds. The molecule has 5 aromatic rings. The Hall–Kier alpha value is -3.88. The van der Waals surface area contributed by atoms with Crippen LogP contribution in [-0.4, -0.2) is 21.6 Å². The molecule has 1 atom stereocenters. The van der Waals surface area contributed by atoms with Crippen LogP contribution in [0.1, 0.15) is 33.9 Å². The van der Waals surface area contributed by atoms with Crippen molar-refractivity contribution in [1.82, 2.24) is 9.99 Å². The number of nitrogens with zero attached hydrogens (tertiary/aromatic N) is 2. The molecule has 1 aliphatic heterocycles. The fourth-order valence-electron chi connectivity index (χ4n) is 4.96. The molecule has 192 valence electrons. The van der Waals surface area contributed by atoms with Crippen molar-refractivity contribution in [3.8, 4) is 11.1 Å². The van der Waals surface area contributed by atoms with E-state index in [0.717, 1.165) is 31.0 Å². The molecule has 1 unspecified atom stereocenters. The first kappa shape index (κ1) is 25.4. The van der Waals surface area contributed by atoms with Crippen LogP contribution in [0.25, 0.3) is 22.0 Å². The average Bonchev–Trinajstić information content (AvgIpc) is 3.38. The van der Waals surface area contributed by atoms with Crippen LogP contribution in [0, 0.1) is 5.82 Å². The Balaban J connectivity index is 1.56. The van der Waals surface area contributed by atoms with Crippen molar-refractivity contribution in [2.45, 2.75) is 12.5 Å². The molecule has 4 aromatic carbocycles. The average molecular weight is 645 g/mol. The number of rotatable bonds is 4. The minimum Gasteiger partial charge on any atom is -0.321 e. The second-order valence-electron chi connectivity index (χ2n) is 9.23. The third-order valence-electron chi connectivity index (χ3n) is 6.79. The summed E-state index contributed by atoms with van der Waals surface area (Å²) >= 11 is 7.04. The summed E-state index contributed by atoms with van der Waals surface area (Å²) in [4.78, 5) is 30.4. The molecule has 0 radical (unpaired) electrons.